The molecule has 0 fully saturated rings. The molecule has 1 aliphatic rings. The second-order valence-corrected chi connectivity index (χ2v) is 7.98. The Morgan fingerprint density at radius 3 is 3.18 bits per heavy atom. The highest BCUT2D eigenvalue weighted by Crippen LogP contribution is 2.39. The van der Waals surface area contributed by atoms with Crippen molar-refractivity contribution < 1.29 is 4.21 Å². The van der Waals surface area contributed by atoms with Crippen LogP contribution in [0.3, 0.4) is 0 Å². The minimum absolute atomic E-state index is 0.411. The van der Waals surface area contributed by atoms with Crippen LogP contribution in [0.1, 0.15) is 36.2 Å². The Balaban J connectivity index is 1.90. The van der Waals surface area contributed by atoms with Gasteiger partial charge in [0.15, 0.2) is 0 Å². The Morgan fingerprint density at radius 2 is 2.47 bits per heavy atom. The van der Waals surface area contributed by atoms with Crippen LogP contribution in [-0.4, -0.2) is 22.3 Å². The van der Waals surface area contributed by atoms with E-state index in [2.05, 4.69) is 18.3 Å². The third kappa shape index (κ3) is 3.53. The molecule has 0 saturated heterocycles. The summed E-state index contributed by atoms with van der Waals surface area (Å²) in [7, 11) is -0.689. The van der Waals surface area contributed by atoms with E-state index < -0.39 is 10.8 Å². The van der Waals surface area contributed by atoms with Crippen molar-refractivity contribution in [3.8, 4) is 0 Å². The maximum Gasteiger partial charge on any atom is 0.0934 e. The Hall–Kier alpha value is 0.1000. The van der Waals surface area contributed by atoms with E-state index in [9.17, 15) is 4.21 Å². The van der Waals surface area contributed by atoms with Crippen molar-refractivity contribution in [1.82, 2.24) is 5.32 Å². The molecule has 0 radical (unpaired) electrons. The maximum absolute atomic E-state index is 11.1. The number of hydrogen-bond donors (Lipinski definition) is 1. The first-order valence-electron chi connectivity index (χ1n) is 5.90. The molecule has 1 heterocycles. The van der Waals surface area contributed by atoms with Gasteiger partial charge >= 0.3 is 0 Å². The fourth-order valence-electron chi connectivity index (χ4n) is 2.27. The van der Waals surface area contributed by atoms with E-state index in [4.69, 9.17) is 11.6 Å². The van der Waals surface area contributed by atoms with Crippen LogP contribution in [-0.2, 0) is 17.2 Å². The van der Waals surface area contributed by atoms with E-state index in [1.54, 1.807) is 17.6 Å². The maximum atomic E-state index is 11.1. The molecule has 3 atom stereocenters. The lowest BCUT2D eigenvalue weighted by Gasteiger charge is -2.19. The zero-order valence-electron chi connectivity index (χ0n) is 10.2. The number of fused-ring (bicyclic) bond motifs is 1. The summed E-state index contributed by atoms with van der Waals surface area (Å²) in [5.74, 6) is 0.776. The number of thiophene rings is 1. The quantitative estimate of drug-likeness (QED) is 0.903. The number of nitrogens with one attached hydrogen (secondary N) is 1. The second kappa shape index (κ2) is 5.83. The van der Waals surface area contributed by atoms with E-state index in [1.807, 2.05) is 0 Å². The van der Waals surface area contributed by atoms with Crippen LogP contribution < -0.4 is 5.32 Å². The van der Waals surface area contributed by atoms with Gasteiger partial charge in [0.2, 0.25) is 0 Å². The van der Waals surface area contributed by atoms with Gasteiger partial charge in [-0.2, -0.15) is 0 Å². The van der Waals surface area contributed by atoms with E-state index in [0.717, 1.165) is 29.4 Å². The van der Waals surface area contributed by atoms with Gasteiger partial charge in [0, 0.05) is 39.8 Å². The van der Waals surface area contributed by atoms with Gasteiger partial charge in [-0.15, -0.1) is 11.3 Å². The fraction of sp³-hybridized carbons (Fsp3) is 0.667. The van der Waals surface area contributed by atoms with Crippen molar-refractivity contribution in [3.05, 3.63) is 20.8 Å². The Kier molecular flexibility index (Phi) is 4.64. The molecule has 96 valence electrons. The standard InChI is InChI=1S/C12H18ClNOS2/c1-8(5-6-17(2)15)14-10-3-4-11-9(10)7-12(13)16-11/h7-8,10,14H,3-6H2,1-2H3. The predicted octanol–water partition coefficient (Wildman–Crippen LogP) is 3.14. The van der Waals surface area contributed by atoms with Crippen LogP contribution in [0.2, 0.25) is 4.34 Å². The van der Waals surface area contributed by atoms with Gasteiger partial charge in [0.1, 0.15) is 0 Å². The minimum Gasteiger partial charge on any atom is -0.307 e. The van der Waals surface area contributed by atoms with Crippen molar-refractivity contribution in [3.63, 3.8) is 0 Å². The summed E-state index contributed by atoms with van der Waals surface area (Å²) in [4.78, 5) is 1.43. The van der Waals surface area contributed by atoms with Crippen LogP contribution in [0.15, 0.2) is 6.07 Å². The summed E-state index contributed by atoms with van der Waals surface area (Å²) in [6.07, 6.45) is 5.03. The summed E-state index contributed by atoms with van der Waals surface area (Å²) in [5.41, 5.74) is 1.38. The molecule has 5 heteroatoms. The monoisotopic (exact) mass is 291 g/mol. The molecule has 1 aromatic heterocycles. The molecule has 1 aromatic rings. The molecular formula is C12H18ClNOS2. The van der Waals surface area contributed by atoms with E-state index >= 15 is 0 Å². The molecule has 2 rings (SSSR count). The lowest BCUT2D eigenvalue weighted by atomic mass is 10.1. The fourth-order valence-corrected chi connectivity index (χ4v) is 4.32. The topological polar surface area (TPSA) is 29.1 Å². The summed E-state index contributed by atoms with van der Waals surface area (Å²) >= 11 is 7.74. The lowest BCUT2D eigenvalue weighted by Crippen LogP contribution is -2.30. The van der Waals surface area contributed by atoms with Gasteiger partial charge in [-0.1, -0.05) is 11.6 Å². The molecule has 17 heavy (non-hydrogen) atoms. The van der Waals surface area contributed by atoms with Crippen LogP contribution in [0.4, 0.5) is 0 Å². The molecule has 3 unspecified atom stereocenters. The molecule has 1 aliphatic carbocycles. The van der Waals surface area contributed by atoms with Crippen LogP contribution in [0.25, 0.3) is 0 Å². The van der Waals surface area contributed by atoms with Gasteiger partial charge < -0.3 is 5.32 Å². The van der Waals surface area contributed by atoms with Gasteiger partial charge in [-0.05, 0) is 37.8 Å². The second-order valence-electron chi connectivity index (χ2n) is 4.65. The number of rotatable bonds is 5. The summed E-state index contributed by atoms with van der Waals surface area (Å²) < 4.78 is 11.9. The zero-order valence-corrected chi connectivity index (χ0v) is 12.6. The van der Waals surface area contributed by atoms with Crippen molar-refractivity contribution >= 4 is 33.7 Å². The highest BCUT2D eigenvalue weighted by atomic mass is 35.5. The first-order valence-corrected chi connectivity index (χ1v) is 8.82. The smallest absolute Gasteiger partial charge is 0.0934 e. The Bertz CT molecular complexity index is 419. The van der Waals surface area contributed by atoms with Crippen molar-refractivity contribution in [2.45, 2.75) is 38.3 Å². The van der Waals surface area contributed by atoms with Crippen molar-refractivity contribution in [2.75, 3.05) is 12.0 Å². The van der Waals surface area contributed by atoms with Gasteiger partial charge in [0.05, 0.1) is 4.34 Å². The first-order chi connectivity index (χ1) is 8.06. The molecule has 1 N–H and O–H groups in total. The third-order valence-electron chi connectivity index (χ3n) is 3.17. The predicted molar refractivity (Wildman–Crippen MR) is 76.5 cm³/mol. The SMILES string of the molecule is CC(CCS(C)=O)NC1CCc2sc(Cl)cc21. The molecule has 0 amide bonds. The molecular weight excluding hydrogens is 274 g/mol. The normalized spacial score (nSPS) is 22.4. The number of aryl methyl sites for hydroxylation is 1. The van der Waals surface area contributed by atoms with Crippen molar-refractivity contribution in [1.29, 1.82) is 0 Å². The average Bonchev–Trinajstić information content (AvgIpc) is 2.76. The first kappa shape index (κ1) is 13.5. The molecule has 0 bridgehead atoms. The molecule has 2 nitrogen and oxygen atoms in total. The third-order valence-corrected chi connectivity index (χ3v) is 5.32. The van der Waals surface area contributed by atoms with Crippen LogP contribution in [0.5, 0.6) is 0 Å². The van der Waals surface area contributed by atoms with Crippen LogP contribution in [0, 0.1) is 0 Å². The largest absolute Gasteiger partial charge is 0.307 e. The molecule has 0 spiro atoms. The van der Waals surface area contributed by atoms with Gasteiger partial charge in [-0.3, -0.25) is 4.21 Å². The summed E-state index contributed by atoms with van der Waals surface area (Å²) in [6, 6.07) is 2.94. The highest BCUT2D eigenvalue weighted by Gasteiger charge is 2.25. The molecule has 0 saturated carbocycles. The lowest BCUT2D eigenvalue weighted by molar-refractivity contribution is 0.446. The summed E-state index contributed by atoms with van der Waals surface area (Å²) in [6.45, 7) is 2.17. The minimum atomic E-state index is -0.689. The van der Waals surface area contributed by atoms with E-state index in [-0.39, 0.29) is 0 Å². The van der Waals surface area contributed by atoms with E-state index in [0.29, 0.717) is 12.1 Å². The van der Waals surface area contributed by atoms with Crippen LogP contribution >= 0.6 is 22.9 Å². The summed E-state index contributed by atoms with van der Waals surface area (Å²) in [5, 5.41) is 3.62. The van der Waals surface area contributed by atoms with E-state index in [1.165, 1.54) is 10.4 Å². The van der Waals surface area contributed by atoms with Gasteiger partial charge in [0.25, 0.3) is 0 Å². The number of halogens is 1. The number of hydrogen-bond acceptors (Lipinski definition) is 3. The zero-order chi connectivity index (χ0) is 12.4. The average molecular weight is 292 g/mol. The Morgan fingerprint density at radius 1 is 1.71 bits per heavy atom. The van der Waals surface area contributed by atoms with Crippen molar-refractivity contribution in [2.24, 2.45) is 0 Å². The molecule has 0 aromatic carbocycles. The highest BCUT2D eigenvalue weighted by molar-refractivity contribution is 7.84. The molecule has 0 aliphatic heterocycles. The van der Waals surface area contributed by atoms with Gasteiger partial charge in [-0.25, -0.2) is 0 Å². The Labute approximate surface area is 114 Å².